The number of hydrogen-bond donors (Lipinski definition) is 0. The Kier molecular flexibility index (Phi) is 2.31. The van der Waals surface area contributed by atoms with E-state index in [1.54, 1.807) is 6.92 Å². The first-order chi connectivity index (χ1) is 5.52. The van der Waals surface area contributed by atoms with Crippen molar-refractivity contribution < 1.29 is 14.3 Å². The van der Waals surface area contributed by atoms with Crippen molar-refractivity contribution >= 4 is 11.6 Å². The average Bonchev–Trinajstić information content (AvgIpc) is 1.82. The molecule has 0 bridgehead atoms. The average molecular weight is 168 g/mol. The largest absolute Gasteiger partial charge is 0.494 e. The van der Waals surface area contributed by atoms with Crippen LogP contribution in [0.2, 0.25) is 0 Å². The Morgan fingerprint density at radius 2 is 2.17 bits per heavy atom. The number of allylic oxidation sites excluding steroid dienone is 2. The maximum absolute atomic E-state index is 11.3. The van der Waals surface area contributed by atoms with E-state index in [1.807, 2.05) is 6.92 Å². The molecule has 3 nitrogen and oxygen atoms in total. The molecule has 0 N–H and O–H groups in total. The first kappa shape index (κ1) is 8.97. The van der Waals surface area contributed by atoms with Gasteiger partial charge in [-0.05, 0) is 20.8 Å². The molecule has 1 rings (SSSR count). The molecule has 0 saturated heterocycles. The lowest BCUT2D eigenvalue weighted by Gasteiger charge is -2.21. The van der Waals surface area contributed by atoms with Gasteiger partial charge in [0.05, 0.1) is 5.57 Å². The highest BCUT2D eigenvalue weighted by molar-refractivity contribution is 6.20. The van der Waals surface area contributed by atoms with Crippen molar-refractivity contribution in [2.45, 2.75) is 33.3 Å². The summed E-state index contributed by atoms with van der Waals surface area (Å²) in [6, 6.07) is 0. The van der Waals surface area contributed by atoms with E-state index in [0.29, 0.717) is 12.2 Å². The molecule has 0 fully saturated rings. The maximum atomic E-state index is 11.3. The van der Waals surface area contributed by atoms with Gasteiger partial charge >= 0.3 is 0 Å². The van der Waals surface area contributed by atoms with Gasteiger partial charge in [-0.2, -0.15) is 0 Å². The summed E-state index contributed by atoms with van der Waals surface area (Å²) in [5.41, 5.74) is 0.230. The summed E-state index contributed by atoms with van der Waals surface area (Å²) in [7, 11) is 0. The Morgan fingerprint density at radius 1 is 1.58 bits per heavy atom. The van der Waals surface area contributed by atoms with E-state index < -0.39 is 0 Å². The van der Waals surface area contributed by atoms with Gasteiger partial charge in [-0.15, -0.1) is 0 Å². The van der Waals surface area contributed by atoms with E-state index in [0.717, 1.165) is 0 Å². The summed E-state index contributed by atoms with van der Waals surface area (Å²) in [5.74, 6) is 0.161. The van der Waals surface area contributed by atoms with Gasteiger partial charge in [0, 0.05) is 6.42 Å². The number of carbonyl (C=O) groups is 2. The van der Waals surface area contributed by atoms with Crippen LogP contribution in [-0.2, 0) is 14.3 Å². The molecule has 1 unspecified atom stereocenters. The van der Waals surface area contributed by atoms with E-state index in [2.05, 4.69) is 0 Å². The lowest BCUT2D eigenvalue weighted by molar-refractivity contribution is -0.123. The van der Waals surface area contributed by atoms with Crippen molar-refractivity contribution in [3.63, 3.8) is 0 Å². The van der Waals surface area contributed by atoms with Crippen molar-refractivity contribution in [2.24, 2.45) is 0 Å². The topological polar surface area (TPSA) is 43.4 Å². The number of ketones is 2. The van der Waals surface area contributed by atoms with E-state index in [-0.39, 0.29) is 23.2 Å². The Balaban J connectivity index is 3.01. The van der Waals surface area contributed by atoms with Crippen molar-refractivity contribution in [3.8, 4) is 0 Å². The zero-order chi connectivity index (χ0) is 9.30. The Bertz CT molecular complexity index is 263. The predicted octanol–water partition coefficient (Wildman–Crippen LogP) is 1.23. The van der Waals surface area contributed by atoms with Crippen LogP contribution in [0, 0.1) is 0 Å². The first-order valence-electron chi connectivity index (χ1n) is 3.94. The molecule has 0 aromatic carbocycles. The van der Waals surface area contributed by atoms with Gasteiger partial charge in [0.25, 0.3) is 0 Å². The van der Waals surface area contributed by atoms with Crippen LogP contribution in [0.25, 0.3) is 0 Å². The third kappa shape index (κ3) is 1.55. The molecule has 0 aliphatic carbocycles. The van der Waals surface area contributed by atoms with Gasteiger partial charge in [0.15, 0.2) is 11.6 Å². The summed E-state index contributed by atoms with van der Waals surface area (Å²) in [6.07, 6.45) is 0.215. The molecular weight excluding hydrogens is 156 g/mol. The van der Waals surface area contributed by atoms with Crippen LogP contribution in [0.5, 0.6) is 0 Å². The molecule has 1 heterocycles. The SMILES string of the molecule is CC(=O)C1=C(C)OC(C)CC1=O. The monoisotopic (exact) mass is 168 g/mol. The quantitative estimate of drug-likeness (QED) is 0.553. The third-order valence-electron chi connectivity index (χ3n) is 1.83. The molecule has 0 radical (unpaired) electrons. The van der Waals surface area contributed by atoms with E-state index >= 15 is 0 Å². The number of carbonyl (C=O) groups excluding carboxylic acids is 2. The molecule has 0 saturated carbocycles. The van der Waals surface area contributed by atoms with Crippen LogP contribution < -0.4 is 0 Å². The normalized spacial score (nSPS) is 23.9. The lowest BCUT2D eigenvalue weighted by Crippen LogP contribution is -2.25. The maximum Gasteiger partial charge on any atom is 0.173 e. The van der Waals surface area contributed by atoms with Crippen LogP contribution in [0.4, 0.5) is 0 Å². The Morgan fingerprint density at radius 3 is 2.58 bits per heavy atom. The minimum atomic E-state index is -0.204. The van der Waals surface area contributed by atoms with Gasteiger partial charge in [0.1, 0.15) is 11.9 Å². The number of hydrogen-bond acceptors (Lipinski definition) is 3. The minimum Gasteiger partial charge on any atom is -0.494 e. The van der Waals surface area contributed by atoms with Gasteiger partial charge in [-0.1, -0.05) is 0 Å². The predicted molar refractivity (Wildman–Crippen MR) is 43.6 cm³/mol. The molecule has 1 atom stereocenters. The summed E-state index contributed by atoms with van der Waals surface area (Å²) >= 11 is 0. The number of ether oxygens (including phenoxy) is 1. The summed E-state index contributed by atoms with van der Waals surface area (Å²) < 4.78 is 5.27. The Hall–Kier alpha value is -1.12. The molecule has 1 aliphatic heterocycles. The smallest absolute Gasteiger partial charge is 0.173 e. The summed E-state index contributed by atoms with van der Waals surface area (Å²) in [5, 5.41) is 0. The van der Waals surface area contributed by atoms with Gasteiger partial charge in [-0.3, -0.25) is 9.59 Å². The van der Waals surface area contributed by atoms with Gasteiger partial charge < -0.3 is 4.74 Å². The van der Waals surface area contributed by atoms with Crippen LogP contribution in [0.1, 0.15) is 27.2 Å². The van der Waals surface area contributed by atoms with Crippen LogP contribution in [-0.4, -0.2) is 17.7 Å². The van der Waals surface area contributed by atoms with Gasteiger partial charge in [-0.25, -0.2) is 0 Å². The van der Waals surface area contributed by atoms with Crippen molar-refractivity contribution in [2.75, 3.05) is 0 Å². The summed E-state index contributed by atoms with van der Waals surface area (Å²) in [4.78, 5) is 22.3. The highest BCUT2D eigenvalue weighted by Gasteiger charge is 2.26. The van der Waals surface area contributed by atoms with Crippen molar-refractivity contribution in [1.29, 1.82) is 0 Å². The molecule has 3 heteroatoms. The molecule has 0 aromatic rings. The number of rotatable bonds is 1. The standard InChI is InChI=1S/C9H12O3/c1-5-4-8(11)9(6(2)10)7(3)12-5/h5H,4H2,1-3H3. The zero-order valence-electron chi connectivity index (χ0n) is 7.51. The number of Topliss-reactive ketones (excluding diaryl/α,β-unsaturated/α-hetero) is 2. The molecule has 1 aliphatic rings. The fourth-order valence-corrected chi connectivity index (χ4v) is 1.41. The third-order valence-corrected chi connectivity index (χ3v) is 1.83. The second-order valence-electron chi connectivity index (χ2n) is 3.04. The van der Waals surface area contributed by atoms with Crippen LogP contribution in [0.3, 0.4) is 0 Å². The molecular formula is C9H12O3. The summed E-state index contributed by atoms with van der Waals surface area (Å²) in [6.45, 7) is 4.86. The van der Waals surface area contributed by atoms with Crippen molar-refractivity contribution in [1.82, 2.24) is 0 Å². The first-order valence-corrected chi connectivity index (χ1v) is 3.94. The fraction of sp³-hybridized carbons (Fsp3) is 0.556. The second-order valence-corrected chi connectivity index (χ2v) is 3.04. The second kappa shape index (κ2) is 3.09. The molecule has 12 heavy (non-hydrogen) atoms. The fourth-order valence-electron chi connectivity index (χ4n) is 1.41. The minimum absolute atomic E-state index is 0.0967. The highest BCUT2D eigenvalue weighted by Crippen LogP contribution is 2.20. The van der Waals surface area contributed by atoms with Crippen LogP contribution in [0.15, 0.2) is 11.3 Å². The molecule has 0 spiro atoms. The zero-order valence-corrected chi connectivity index (χ0v) is 7.51. The van der Waals surface area contributed by atoms with Crippen molar-refractivity contribution in [3.05, 3.63) is 11.3 Å². The molecule has 0 amide bonds. The lowest BCUT2D eigenvalue weighted by atomic mass is 9.99. The van der Waals surface area contributed by atoms with Crippen LogP contribution >= 0.6 is 0 Å². The van der Waals surface area contributed by atoms with E-state index in [9.17, 15) is 9.59 Å². The highest BCUT2D eigenvalue weighted by atomic mass is 16.5. The van der Waals surface area contributed by atoms with E-state index in [4.69, 9.17) is 4.74 Å². The Labute approximate surface area is 71.4 Å². The molecule has 66 valence electrons. The molecule has 0 aromatic heterocycles. The van der Waals surface area contributed by atoms with E-state index in [1.165, 1.54) is 6.92 Å². The van der Waals surface area contributed by atoms with Gasteiger partial charge in [0.2, 0.25) is 0 Å².